The van der Waals surface area contributed by atoms with E-state index in [1.54, 1.807) is 0 Å². The van der Waals surface area contributed by atoms with Crippen molar-refractivity contribution in [2.75, 3.05) is 40.3 Å². The molecule has 0 bridgehead atoms. The van der Waals surface area contributed by atoms with Gasteiger partial charge in [-0.15, -0.1) is 0 Å². The summed E-state index contributed by atoms with van der Waals surface area (Å²) in [5.41, 5.74) is -0.0438. The predicted molar refractivity (Wildman–Crippen MR) is 258 cm³/mol. The van der Waals surface area contributed by atoms with Crippen molar-refractivity contribution < 1.29 is 23.9 Å². The van der Waals surface area contributed by atoms with E-state index < -0.39 is 0 Å². The first-order valence-electron chi connectivity index (χ1n) is 26.3. The van der Waals surface area contributed by atoms with Crippen LogP contribution < -0.4 is 0 Å². The first-order chi connectivity index (χ1) is 29.0. The van der Waals surface area contributed by atoms with E-state index in [-0.39, 0.29) is 29.4 Å². The van der Waals surface area contributed by atoms with Crippen LogP contribution in [0.1, 0.15) is 272 Å². The van der Waals surface area contributed by atoms with E-state index in [9.17, 15) is 14.4 Å². The van der Waals surface area contributed by atoms with Gasteiger partial charge < -0.3 is 19.3 Å². The fourth-order valence-corrected chi connectivity index (χ4v) is 8.17. The lowest BCUT2D eigenvalue weighted by Gasteiger charge is -2.30. The average molecular weight is 849 g/mol. The van der Waals surface area contributed by atoms with Gasteiger partial charge in [-0.1, -0.05) is 182 Å². The summed E-state index contributed by atoms with van der Waals surface area (Å²) in [7, 11) is 4.20. The summed E-state index contributed by atoms with van der Waals surface area (Å²) >= 11 is 0. The molecule has 0 heterocycles. The topological polar surface area (TPSA) is 76.1 Å². The van der Waals surface area contributed by atoms with Gasteiger partial charge in [0.05, 0.1) is 6.61 Å². The Hall–Kier alpha value is -1.63. The molecule has 0 aromatic rings. The zero-order chi connectivity index (χ0) is 44.4. The Morgan fingerprint density at radius 1 is 0.450 bits per heavy atom. The van der Waals surface area contributed by atoms with Crippen LogP contribution in [0.4, 0.5) is 0 Å². The van der Waals surface area contributed by atoms with Crippen molar-refractivity contribution in [3.63, 3.8) is 0 Å². The highest BCUT2D eigenvalue weighted by atomic mass is 16.5. The van der Waals surface area contributed by atoms with Gasteiger partial charge in [0, 0.05) is 32.4 Å². The largest absolute Gasteiger partial charge is 0.466 e. The Bertz CT molecular complexity index is 951. The molecule has 7 heteroatoms. The lowest BCUT2D eigenvalue weighted by atomic mass is 9.84. The van der Waals surface area contributed by atoms with Gasteiger partial charge in [-0.3, -0.25) is 14.4 Å². The molecule has 0 fully saturated rings. The first-order valence-corrected chi connectivity index (χ1v) is 26.3. The Morgan fingerprint density at radius 3 is 1.42 bits per heavy atom. The lowest BCUT2D eigenvalue weighted by Crippen LogP contribution is -2.35. The van der Waals surface area contributed by atoms with Crippen LogP contribution in [0.5, 0.6) is 0 Å². The van der Waals surface area contributed by atoms with Gasteiger partial charge in [0.1, 0.15) is 6.10 Å². The number of nitrogens with zero attached hydrogens (tertiary/aromatic N) is 2. The van der Waals surface area contributed by atoms with Gasteiger partial charge in [0.15, 0.2) is 0 Å². The van der Waals surface area contributed by atoms with Crippen molar-refractivity contribution in [1.82, 2.24) is 9.80 Å². The number of carbonyl (C=O) groups is 3. The van der Waals surface area contributed by atoms with Crippen molar-refractivity contribution >= 4 is 17.8 Å². The fourth-order valence-electron chi connectivity index (χ4n) is 8.17. The van der Waals surface area contributed by atoms with Crippen LogP contribution in [0.15, 0.2) is 0 Å². The SMILES string of the molecule is CCCCCCCCCCOC(=O)CCC(C)(C)CCN(CCCCCCCC(=O)OC(CCCCCCCCC)CCCCCCCCC)C(=O)CCCCCN(C)C. The van der Waals surface area contributed by atoms with Crippen LogP contribution in [0.3, 0.4) is 0 Å². The molecule has 0 aliphatic rings. The van der Waals surface area contributed by atoms with Gasteiger partial charge in [-0.2, -0.15) is 0 Å². The number of amides is 1. The molecule has 0 aromatic heterocycles. The predicted octanol–water partition coefficient (Wildman–Crippen LogP) is 15.4. The van der Waals surface area contributed by atoms with Crippen LogP contribution in [-0.4, -0.2) is 74.1 Å². The van der Waals surface area contributed by atoms with E-state index in [1.807, 2.05) is 0 Å². The van der Waals surface area contributed by atoms with Crippen molar-refractivity contribution in [2.24, 2.45) is 5.41 Å². The third-order valence-electron chi connectivity index (χ3n) is 12.5. The number of ether oxygens (including phenoxy) is 2. The molecule has 356 valence electrons. The summed E-state index contributed by atoms with van der Waals surface area (Å²) in [5, 5.41) is 0. The molecule has 0 rings (SSSR count). The van der Waals surface area contributed by atoms with Gasteiger partial charge in [-0.05, 0) is 96.7 Å². The van der Waals surface area contributed by atoms with E-state index in [4.69, 9.17) is 9.47 Å². The Balaban J connectivity index is 4.72. The van der Waals surface area contributed by atoms with Crippen molar-refractivity contribution in [3.05, 3.63) is 0 Å². The van der Waals surface area contributed by atoms with Crippen LogP contribution in [0.25, 0.3) is 0 Å². The normalized spacial score (nSPS) is 11.8. The summed E-state index contributed by atoms with van der Waals surface area (Å²) in [6, 6.07) is 0. The van der Waals surface area contributed by atoms with Gasteiger partial charge in [0.25, 0.3) is 0 Å². The van der Waals surface area contributed by atoms with Crippen LogP contribution in [-0.2, 0) is 23.9 Å². The third kappa shape index (κ3) is 40.4. The lowest BCUT2D eigenvalue weighted by molar-refractivity contribution is -0.150. The number of rotatable bonds is 46. The molecular weight excluding hydrogens is 745 g/mol. The molecule has 0 N–H and O–H groups in total. The van der Waals surface area contributed by atoms with Gasteiger partial charge in [-0.25, -0.2) is 0 Å². The standard InChI is InChI=1S/C53H104N2O5/c1-8-11-14-17-20-23-29-37-48-59-51(57)42-43-53(4,5)44-47-55(50(56)40-33-30-35-45-54(6)7)46-36-28-24-27-34-41-52(58)60-49(38-31-25-21-18-15-12-9-2)39-32-26-22-19-16-13-10-3/h49H,8-48H2,1-7H3. The molecule has 1 amide bonds. The maximum Gasteiger partial charge on any atom is 0.306 e. The zero-order valence-electron chi connectivity index (χ0n) is 41.5. The van der Waals surface area contributed by atoms with E-state index in [0.717, 1.165) is 110 Å². The number of unbranched alkanes of at least 4 members (excludes halogenated alkanes) is 25. The summed E-state index contributed by atoms with van der Waals surface area (Å²) in [6.45, 7) is 14.4. The zero-order valence-corrected chi connectivity index (χ0v) is 41.5. The van der Waals surface area contributed by atoms with Gasteiger partial charge in [0.2, 0.25) is 5.91 Å². The number of hydrogen-bond acceptors (Lipinski definition) is 6. The Labute approximate surface area is 374 Å². The minimum absolute atomic E-state index is 0.00683. The quantitative estimate of drug-likeness (QED) is 0.0449. The van der Waals surface area contributed by atoms with Crippen LogP contribution in [0.2, 0.25) is 0 Å². The molecule has 0 aliphatic heterocycles. The van der Waals surface area contributed by atoms with E-state index in [1.165, 1.54) is 128 Å². The molecule has 0 atom stereocenters. The van der Waals surface area contributed by atoms with Crippen LogP contribution >= 0.6 is 0 Å². The van der Waals surface area contributed by atoms with Crippen molar-refractivity contribution in [2.45, 2.75) is 278 Å². The van der Waals surface area contributed by atoms with E-state index in [2.05, 4.69) is 58.5 Å². The summed E-state index contributed by atoms with van der Waals surface area (Å²) in [5.74, 6) is 0.176. The number of hydrogen-bond donors (Lipinski definition) is 0. The first kappa shape index (κ1) is 58.4. The molecule has 0 aliphatic carbocycles. The highest BCUT2D eigenvalue weighted by molar-refractivity contribution is 5.76. The maximum atomic E-state index is 13.5. The second-order valence-electron chi connectivity index (χ2n) is 19.6. The third-order valence-corrected chi connectivity index (χ3v) is 12.5. The Kier molecular flexibility index (Phi) is 41.5. The second kappa shape index (κ2) is 42.7. The minimum atomic E-state index is -0.0863. The molecule has 0 radical (unpaired) electrons. The van der Waals surface area contributed by atoms with E-state index >= 15 is 0 Å². The molecule has 0 saturated carbocycles. The number of esters is 2. The van der Waals surface area contributed by atoms with Crippen LogP contribution in [0, 0.1) is 5.41 Å². The molecule has 0 unspecified atom stereocenters. The van der Waals surface area contributed by atoms with Crippen molar-refractivity contribution in [3.8, 4) is 0 Å². The molecule has 0 saturated heterocycles. The fraction of sp³-hybridized carbons (Fsp3) is 0.943. The highest BCUT2D eigenvalue weighted by Gasteiger charge is 2.23. The molecule has 0 spiro atoms. The smallest absolute Gasteiger partial charge is 0.306 e. The monoisotopic (exact) mass is 849 g/mol. The minimum Gasteiger partial charge on any atom is -0.466 e. The van der Waals surface area contributed by atoms with Crippen molar-refractivity contribution in [1.29, 1.82) is 0 Å². The highest BCUT2D eigenvalue weighted by Crippen LogP contribution is 2.28. The number of carbonyl (C=O) groups excluding carboxylic acids is 3. The average Bonchev–Trinajstić information content (AvgIpc) is 3.21. The van der Waals surface area contributed by atoms with Gasteiger partial charge >= 0.3 is 11.9 Å². The molecule has 7 nitrogen and oxygen atoms in total. The Morgan fingerprint density at radius 2 is 0.883 bits per heavy atom. The summed E-state index contributed by atoms with van der Waals surface area (Å²) in [4.78, 5) is 43.3. The second-order valence-corrected chi connectivity index (χ2v) is 19.6. The molecule has 0 aromatic carbocycles. The summed E-state index contributed by atoms with van der Waals surface area (Å²) < 4.78 is 11.7. The maximum absolute atomic E-state index is 13.5. The summed E-state index contributed by atoms with van der Waals surface area (Å²) in [6.07, 6.45) is 41.5. The molecular formula is C53H104N2O5. The van der Waals surface area contributed by atoms with E-state index in [0.29, 0.717) is 25.9 Å². The molecule has 60 heavy (non-hydrogen) atoms.